The lowest BCUT2D eigenvalue weighted by Crippen LogP contribution is -2.37. The fourth-order valence-corrected chi connectivity index (χ4v) is 3.94. The molecule has 3 atom stereocenters. The van der Waals surface area contributed by atoms with Crippen LogP contribution >= 0.6 is 11.8 Å². The van der Waals surface area contributed by atoms with Crippen LogP contribution in [0.4, 0.5) is 0 Å². The van der Waals surface area contributed by atoms with Gasteiger partial charge < -0.3 is 15.2 Å². The van der Waals surface area contributed by atoms with Crippen LogP contribution in [-0.4, -0.2) is 29.3 Å². The van der Waals surface area contributed by atoms with Gasteiger partial charge in [0.2, 0.25) is 0 Å². The van der Waals surface area contributed by atoms with E-state index in [2.05, 4.69) is 11.6 Å². The fourth-order valence-electron chi connectivity index (χ4n) is 2.99. The molecule has 1 heterocycles. The van der Waals surface area contributed by atoms with Crippen molar-refractivity contribution in [1.29, 1.82) is 0 Å². The SMILES string of the molecule is CSC1CCCC1NC1COc2cc(O)ccc21. The van der Waals surface area contributed by atoms with Crippen LogP contribution in [0.25, 0.3) is 0 Å². The number of phenols is 1. The van der Waals surface area contributed by atoms with Gasteiger partial charge in [0, 0.05) is 22.9 Å². The van der Waals surface area contributed by atoms with Crippen molar-refractivity contribution in [3.8, 4) is 11.5 Å². The molecule has 1 aliphatic carbocycles. The Kier molecular flexibility index (Phi) is 3.39. The van der Waals surface area contributed by atoms with E-state index in [1.54, 1.807) is 12.1 Å². The lowest BCUT2D eigenvalue weighted by molar-refractivity contribution is 0.297. The summed E-state index contributed by atoms with van der Waals surface area (Å²) in [5.41, 5.74) is 1.18. The highest BCUT2D eigenvalue weighted by Crippen LogP contribution is 2.37. The molecule has 4 heteroatoms. The van der Waals surface area contributed by atoms with E-state index < -0.39 is 0 Å². The zero-order chi connectivity index (χ0) is 12.5. The molecule has 3 nitrogen and oxygen atoms in total. The zero-order valence-electron chi connectivity index (χ0n) is 10.6. The third kappa shape index (κ3) is 2.19. The zero-order valence-corrected chi connectivity index (χ0v) is 11.4. The van der Waals surface area contributed by atoms with Crippen molar-refractivity contribution in [1.82, 2.24) is 5.32 Å². The van der Waals surface area contributed by atoms with E-state index >= 15 is 0 Å². The van der Waals surface area contributed by atoms with E-state index in [0.29, 0.717) is 12.6 Å². The maximum Gasteiger partial charge on any atom is 0.127 e. The largest absolute Gasteiger partial charge is 0.508 e. The van der Waals surface area contributed by atoms with Gasteiger partial charge in [-0.1, -0.05) is 6.42 Å². The predicted molar refractivity (Wildman–Crippen MR) is 74.4 cm³/mol. The maximum atomic E-state index is 9.44. The van der Waals surface area contributed by atoms with Crippen LogP contribution < -0.4 is 10.1 Å². The summed E-state index contributed by atoms with van der Waals surface area (Å²) in [5.74, 6) is 1.10. The standard InChI is InChI=1S/C14H19NO2S/c1-18-14-4-2-3-11(14)15-12-8-17-13-7-9(16)5-6-10(12)13/h5-7,11-12,14-16H,2-4,8H2,1H3. The average molecular weight is 265 g/mol. The van der Waals surface area contributed by atoms with Gasteiger partial charge in [0.15, 0.2) is 0 Å². The number of hydrogen-bond acceptors (Lipinski definition) is 4. The Labute approximate surface area is 112 Å². The first-order valence-corrected chi connectivity index (χ1v) is 7.81. The Bertz CT molecular complexity index is 438. The molecule has 18 heavy (non-hydrogen) atoms. The van der Waals surface area contributed by atoms with Gasteiger partial charge in [-0.15, -0.1) is 0 Å². The van der Waals surface area contributed by atoms with Gasteiger partial charge in [0.1, 0.15) is 18.1 Å². The topological polar surface area (TPSA) is 41.5 Å². The Morgan fingerprint density at radius 3 is 3.11 bits per heavy atom. The van der Waals surface area contributed by atoms with Crippen LogP contribution in [0.15, 0.2) is 18.2 Å². The van der Waals surface area contributed by atoms with E-state index in [1.807, 2.05) is 17.8 Å². The molecule has 3 unspecified atom stereocenters. The number of thioether (sulfide) groups is 1. The highest BCUT2D eigenvalue weighted by atomic mass is 32.2. The van der Waals surface area contributed by atoms with E-state index in [1.165, 1.54) is 24.8 Å². The van der Waals surface area contributed by atoms with Crippen molar-refractivity contribution in [3.05, 3.63) is 23.8 Å². The molecule has 2 aliphatic rings. The maximum absolute atomic E-state index is 9.44. The lowest BCUT2D eigenvalue weighted by atomic mass is 10.1. The summed E-state index contributed by atoms with van der Waals surface area (Å²) in [4.78, 5) is 0. The van der Waals surface area contributed by atoms with Crippen molar-refractivity contribution in [2.45, 2.75) is 36.6 Å². The Hall–Kier alpha value is -0.870. The molecule has 1 aliphatic heterocycles. The van der Waals surface area contributed by atoms with Crippen molar-refractivity contribution < 1.29 is 9.84 Å². The molecule has 98 valence electrons. The van der Waals surface area contributed by atoms with Crippen molar-refractivity contribution >= 4 is 11.8 Å². The highest BCUT2D eigenvalue weighted by Gasteiger charge is 2.32. The third-order valence-corrected chi connectivity index (χ3v) is 5.12. The molecule has 2 N–H and O–H groups in total. The number of rotatable bonds is 3. The van der Waals surface area contributed by atoms with Crippen molar-refractivity contribution in [3.63, 3.8) is 0 Å². The molecule has 0 spiro atoms. The molecule has 0 aromatic heterocycles. The smallest absolute Gasteiger partial charge is 0.127 e. The number of fused-ring (bicyclic) bond motifs is 1. The summed E-state index contributed by atoms with van der Waals surface area (Å²) in [6.45, 7) is 0.677. The number of nitrogens with one attached hydrogen (secondary N) is 1. The van der Waals surface area contributed by atoms with E-state index in [0.717, 1.165) is 11.0 Å². The minimum Gasteiger partial charge on any atom is -0.508 e. The van der Waals surface area contributed by atoms with Gasteiger partial charge in [-0.25, -0.2) is 0 Å². The van der Waals surface area contributed by atoms with Gasteiger partial charge in [0.05, 0.1) is 6.04 Å². The van der Waals surface area contributed by atoms with Gasteiger partial charge >= 0.3 is 0 Å². The second kappa shape index (κ2) is 5.02. The van der Waals surface area contributed by atoms with Crippen LogP contribution in [0.3, 0.4) is 0 Å². The average Bonchev–Trinajstić information content (AvgIpc) is 2.96. The van der Waals surface area contributed by atoms with Crippen LogP contribution in [0.2, 0.25) is 0 Å². The Morgan fingerprint density at radius 2 is 2.28 bits per heavy atom. The fraction of sp³-hybridized carbons (Fsp3) is 0.571. The van der Waals surface area contributed by atoms with Crippen LogP contribution in [0, 0.1) is 0 Å². The Morgan fingerprint density at radius 1 is 1.39 bits per heavy atom. The number of ether oxygens (including phenoxy) is 1. The lowest BCUT2D eigenvalue weighted by Gasteiger charge is -2.23. The first-order valence-electron chi connectivity index (χ1n) is 6.52. The Balaban J connectivity index is 1.73. The van der Waals surface area contributed by atoms with Gasteiger partial charge in [-0.05, 0) is 31.2 Å². The summed E-state index contributed by atoms with van der Waals surface area (Å²) < 4.78 is 5.64. The van der Waals surface area contributed by atoms with E-state index in [-0.39, 0.29) is 11.8 Å². The second-order valence-electron chi connectivity index (χ2n) is 5.06. The van der Waals surface area contributed by atoms with E-state index in [4.69, 9.17) is 4.74 Å². The van der Waals surface area contributed by atoms with E-state index in [9.17, 15) is 5.11 Å². The summed E-state index contributed by atoms with van der Waals surface area (Å²) in [5, 5.41) is 13.9. The number of benzene rings is 1. The van der Waals surface area contributed by atoms with Gasteiger partial charge in [-0.3, -0.25) is 0 Å². The molecule has 1 aromatic carbocycles. The summed E-state index contributed by atoms with van der Waals surface area (Å²) >= 11 is 1.96. The molecular weight excluding hydrogens is 246 g/mol. The van der Waals surface area contributed by atoms with Gasteiger partial charge in [0.25, 0.3) is 0 Å². The van der Waals surface area contributed by atoms with Crippen molar-refractivity contribution in [2.75, 3.05) is 12.9 Å². The van der Waals surface area contributed by atoms with Crippen LogP contribution in [0.1, 0.15) is 30.9 Å². The third-order valence-electron chi connectivity index (χ3n) is 3.95. The quantitative estimate of drug-likeness (QED) is 0.881. The van der Waals surface area contributed by atoms with Crippen molar-refractivity contribution in [2.24, 2.45) is 0 Å². The first kappa shape index (κ1) is 12.2. The molecule has 3 rings (SSSR count). The minimum absolute atomic E-state index is 0.275. The number of phenolic OH excluding ortho intramolecular Hbond substituents is 1. The minimum atomic E-state index is 0.275. The molecular formula is C14H19NO2S. The molecule has 1 fully saturated rings. The predicted octanol–water partition coefficient (Wildman–Crippen LogP) is 2.70. The molecule has 0 amide bonds. The number of hydrogen-bond donors (Lipinski definition) is 2. The molecule has 1 aromatic rings. The molecule has 0 saturated heterocycles. The normalized spacial score (nSPS) is 30.2. The molecule has 1 saturated carbocycles. The monoisotopic (exact) mass is 265 g/mol. The molecule has 0 bridgehead atoms. The molecule has 0 radical (unpaired) electrons. The van der Waals surface area contributed by atoms with Crippen LogP contribution in [0.5, 0.6) is 11.5 Å². The summed E-state index contributed by atoms with van der Waals surface area (Å²) in [7, 11) is 0. The summed E-state index contributed by atoms with van der Waals surface area (Å²) in [6.07, 6.45) is 6.09. The second-order valence-corrected chi connectivity index (χ2v) is 6.14. The first-order chi connectivity index (χ1) is 8.78. The van der Waals surface area contributed by atoms with Crippen LogP contribution in [-0.2, 0) is 0 Å². The number of aromatic hydroxyl groups is 1. The highest BCUT2D eigenvalue weighted by molar-refractivity contribution is 7.99. The summed E-state index contributed by atoms with van der Waals surface area (Å²) in [6, 6.07) is 6.28. The van der Waals surface area contributed by atoms with Gasteiger partial charge in [-0.2, -0.15) is 11.8 Å².